The molecule has 0 aromatic carbocycles. The first kappa shape index (κ1) is 9.82. The van der Waals surface area contributed by atoms with E-state index in [2.05, 4.69) is 13.5 Å². The summed E-state index contributed by atoms with van der Waals surface area (Å²) in [5.74, 6) is 0.460. The molecule has 0 amide bonds. The molecular formula is C12H18O3. The van der Waals surface area contributed by atoms with E-state index in [4.69, 9.17) is 14.2 Å². The Kier molecular flexibility index (Phi) is 2.16. The van der Waals surface area contributed by atoms with Gasteiger partial charge in [0, 0.05) is 6.42 Å². The number of fused-ring (bicyclic) bond motifs is 2. The van der Waals surface area contributed by atoms with Crippen LogP contribution in [0.1, 0.15) is 19.8 Å². The smallest absolute Gasteiger partial charge is 0.177 e. The van der Waals surface area contributed by atoms with Gasteiger partial charge in [0.1, 0.15) is 0 Å². The van der Waals surface area contributed by atoms with E-state index in [9.17, 15) is 0 Å². The fourth-order valence-corrected chi connectivity index (χ4v) is 3.32. The molecule has 0 bridgehead atoms. The van der Waals surface area contributed by atoms with Gasteiger partial charge >= 0.3 is 0 Å². The van der Waals surface area contributed by atoms with Gasteiger partial charge in [-0.05, 0) is 17.9 Å². The molecule has 3 nitrogen and oxygen atoms in total. The average Bonchev–Trinajstić information content (AvgIpc) is 2.75. The van der Waals surface area contributed by atoms with Crippen molar-refractivity contribution in [1.29, 1.82) is 0 Å². The highest BCUT2D eigenvalue weighted by Gasteiger charge is 2.55. The molecule has 3 fully saturated rings. The summed E-state index contributed by atoms with van der Waals surface area (Å²) >= 11 is 0. The third kappa shape index (κ3) is 1.37. The number of ether oxygens (including phenoxy) is 3. The molecule has 15 heavy (non-hydrogen) atoms. The largest absolute Gasteiger partial charge is 0.373 e. The van der Waals surface area contributed by atoms with Crippen molar-refractivity contribution in [3.05, 3.63) is 12.2 Å². The summed E-state index contributed by atoms with van der Waals surface area (Å²) in [6, 6.07) is 0. The first-order valence-electron chi connectivity index (χ1n) is 5.78. The van der Waals surface area contributed by atoms with Crippen molar-refractivity contribution < 1.29 is 14.2 Å². The monoisotopic (exact) mass is 210 g/mol. The Balaban J connectivity index is 1.93. The Labute approximate surface area is 90.4 Å². The lowest BCUT2D eigenvalue weighted by atomic mass is 9.74. The van der Waals surface area contributed by atoms with Crippen molar-refractivity contribution in [3.63, 3.8) is 0 Å². The molecule has 2 aliphatic heterocycles. The van der Waals surface area contributed by atoms with Gasteiger partial charge in [-0.1, -0.05) is 13.5 Å². The van der Waals surface area contributed by atoms with E-state index in [1.165, 1.54) is 0 Å². The van der Waals surface area contributed by atoms with E-state index >= 15 is 0 Å². The van der Waals surface area contributed by atoms with Crippen LogP contribution in [-0.4, -0.2) is 31.7 Å². The summed E-state index contributed by atoms with van der Waals surface area (Å²) in [5, 5.41) is 0. The van der Waals surface area contributed by atoms with Gasteiger partial charge in [-0.2, -0.15) is 0 Å². The molecule has 0 aromatic rings. The summed E-state index contributed by atoms with van der Waals surface area (Å²) in [7, 11) is 0. The Morgan fingerprint density at radius 1 is 1.33 bits per heavy atom. The highest BCUT2D eigenvalue weighted by Crippen LogP contribution is 2.49. The van der Waals surface area contributed by atoms with E-state index < -0.39 is 5.79 Å². The van der Waals surface area contributed by atoms with Crippen LogP contribution < -0.4 is 0 Å². The van der Waals surface area contributed by atoms with Crippen LogP contribution in [-0.2, 0) is 14.2 Å². The molecule has 1 aliphatic carbocycles. The van der Waals surface area contributed by atoms with Gasteiger partial charge in [0.25, 0.3) is 0 Å². The van der Waals surface area contributed by atoms with Crippen LogP contribution in [0, 0.1) is 11.8 Å². The molecule has 0 N–H and O–H groups in total. The van der Waals surface area contributed by atoms with Crippen molar-refractivity contribution in [3.8, 4) is 0 Å². The van der Waals surface area contributed by atoms with Crippen LogP contribution in [0.2, 0.25) is 0 Å². The lowest BCUT2D eigenvalue weighted by Crippen LogP contribution is -2.49. The Morgan fingerprint density at radius 3 is 2.80 bits per heavy atom. The SMILES string of the molecule is C=C1CO[C@H]2C[C@H](C)CC3(OCCO3)[C@@H]12. The van der Waals surface area contributed by atoms with Gasteiger partial charge in [0.2, 0.25) is 0 Å². The first-order chi connectivity index (χ1) is 7.21. The standard InChI is InChI=1S/C12H18O3/c1-8-5-10-11(9(2)7-13-10)12(6-8)14-3-4-15-12/h8,10-11H,2-7H2,1H3/t8-,10-,11-/m0/s1. The van der Waals surface area contributed by atoms with E-state index in [1.807, 2.05) is 0 Å². The van der Waals surface area contributed by atoms with Gasteiger partial charge in [-0.15, -0.1) is 0 Å². The predicted molar refractivity (Wildman–Crippen MR) is 55.4 cm³/mol. The maximum atomic E-state index is 5.87. The second-order valence-electron chi connectivity index (χ2n) is 5.04. The fraction of sp³-hybridized carbons (Fsp3) is 0.833. The zero-order valence-corrected chi connectivity index (χ0v) is 9.20. The minimum Gasteiger partial charge on any atom is -0.373 e. The fourth-order valence-electron chi connectivity index (χ4n) is 3.32. The van der Waals surface area contributed by atoms with Crippen LogP contribution in [0.25, 0.3) is 0 Å². The van der Waals surface area contributed by atoms with E-state index in [-0.39, 0.29) is 12.0 Å². The highest BCUT2D eigenvalue weighted by atomic mass is 16.7. The summed E-state index contributed by atoms with van der Waals surface area (Å²) in [6.07, 6.45) is 2.36. The number of rotatable bonds is 0. The van der Waals surface area contributed by atoms with Crippen LogP contribution in [0.15, 0.2) is 12.2 Å². The third-order valence-corrected chi connectivity index (χ3v) is 3.81. The summed E-state index contributed by atoms with van der Waals surface area (Å²) in [5.41, 5.74) is 1.15. The van der Waals surface area contributed by atoms with E-state index in [1.54, 1.807) is 0 Å². The lowest BCUT2D eigenvalue weighted by molar-refractivity contribution is -0.226. The summed E-state index contributed by atoms with van der Waals surface area (Å²) in [4.78, 5) is 0. The minimum absolute atomic E-state index is 0.260. The maximum absolute atomic E-state index is 5.87. The van der Waals surface area contributed by atoms with Crippen molar-refractivity contribution in [2.75, 3.05) is 19.8 Å². The molecule has 2 saturated heterocycles. The van der Waals surface area contributed by atoms with Crippen molar-refractivity contribution in [2.24, 2.45) is 11.8 Å². The maximum Gasteiger partial charge on any atom is 0.177 e. The molecule has 1 spiro atoms. The minimum atomic E-state index is -0.407. The lowest BCUT2D eigenvalue weighted by Gasteiger charge is -2.43. The van der Waals surface area contributed by atoms with E-state index in [0.29, 0.717) is 25.7 Å². The Bertz CT molecular complexity index is 281. The summed E-state index contributed by atoms with van der Waals surface area (Å²) < 4.78 is 17.5. The van der Waals surface area contributed by atoms with Crippen LogP contribution in [0.4, 0.5) is 0 Å². The third-order valence-electron chi connectivity index (χ3n) is 3.81. The number of hydrogen-bond acceptors (Lipinski definition) is 3. The Hall–Kier alpha value is -0.380. The van der Waals surface area contributed by atoms with Gasteiger partial charge in [0.15, 0.2) is 5.79 Å². The molecule has 3 rings (SSSR count). The average molecular weight is 210 g/mol. The molecule has 84 valence electrons. The quantitative estimate of drug-likeness (QED) is 0.570. The second kappa shape index (κ2) is 3.30. The van der Waals surface area contributed by atoms with E-state index in [0.717, 1.165) is 18.4 Å². The topological polar surface area (TPSA) is 27.7 Å². The highest BCUT2D eigenvalue weighted by molar-refractivity contribution is 5.17. The molecule has 2 heterocycles. The molecule has 0 aromatic heterocycles. The van der Waals surface area contributed by atoms with Gasteiger partial charge < -0.3 is 14.2 Å². The second-order valence-corrected chi connectivity index (χ2v) is 5.04. The first-order valence-corrected chi connectivity index (χ1v) is 5.78. The molecular weight excluding hydrogens is 192 g/mol. The predicted octanol–water partition coefficient (Wildman–Crippen LogP) is 1.73. The van der Waals surface area contributed by atoms with Gasteiger partial charge in [-0.25, -0.2) is 0 Å². The van der Waals surface area contributed by atoms with Crippen molar-refractivity contribution in [2.45, 2.75) is 31.7 Å². The van der Waals surface area contributed by atoms with Crippen LogP contribution >= 0.6 is 0 Å². The Morgan fingerprint density at radius 2 is 2.07 bits per heavy atom. The molecule has 0 unspecified atom stereocenters. The molecule has 3 heteroatoms. The summed E-state index contributed by atoms with van der Waals surface area (Å²) in [6.45, 7) is 8.44. The zero-order valence-electron chi connectivity index (χ0n) is 9.20. The van der Waals surface area contributed by atoms with Crippen LogP contribution in [0.5, 0.6) is 0 Å². The molecule has 0 radical (unpaired) electrons. The number of hydrogen-bond donors (Lipinski definition) is 0. The van der Waals surface area contributed by atoms with Crippen molar-refractivity contribution in [1.82, 2.24) is 0 Å². The molecule has 3 atom stereocenters. The van der Waals surface area contributed by atoms with Gasteiger partial charge in [0.05, 0.1) is 31.8 Å². The molecule has 3 aliphatic rings. The van der Waals surface area contributed by atoms with Crippen molar-refractivity contribution >= 4 is 0 Å². The van der Waals surface area contributed by atoms with Gasteiger partial charge in [-0.3, -0.25) is 0 Å². The zero-order chi connectivity index (χ0) is 10.5. The molecule has 1 saturated carbocycles. The van der Waals surface area contributed by atoms with Crippen LogP contribution in [0.3, 0.4) is 0 Å². The normalized spacial score (nSPS) is 43.5.